The first-order chi connectivity index (χ1) is 16.4. The van der Waals surface area contributed by atoms with Crippen molar-refractivity contribution < 1.29 is 56.9 Å². The third-order valence-electron chi connectivity index (χ3n) is 6.36. The van der Waals surface area contributed by atoms with Crippen LogP contribution >= 0.6 is 15.6 Å². The van der Waals surface area contributed by atoms with E-state index in [9.17, 15) is 34.2 Å². The number of anilines is 2. The number of aliphatic hydroxyl groups is 3. The number of hydrogen-bond donors (Lipinski definition) is 7. The van der Waals surface area contributed by atoms with Crippen molar-refractivity contribution in [2.45, 2.75) is 49.5 Å². The fraction of sp³-hybridized carbons (Fsp3) is 0.688. The molecule has 19 heteroatoms. The van der Waals surface area contributed by atoms with Gasteiger partial charge in [-0.05, 0) is 18.8 Å². The smallest absolute Gasteiger partial charge is 0.389 e. The summed E-state index contributed by atoms with van der Waals surface area (Å²) >= 11 is 0. The van der Waals surface area contributed by atoms with Gasteiger partial charge < -0.3 is 41.3 Å². The molecule has 35 heavy (non-hydrogen) atoms. The molecule has 8 bridgehead atoms. The third kappa shape index (κ3) is 4.47. The molecule has 194 valence electrons. The summed E-state index contributed by atoms with van der Waals surface area (Å²) in [7, 11) is -10.2. The summed E-state index contributed by atoms with van der Waals surface area (Å²) in [4.78, 5) is 28.3. The predicted octanol–water partition coefficient (Wildman–Crippen LogP) is -1.92. The van der Waals surface area contributed by atoms with E-state index in [1.807, 2.05) is 0 Å². The first-order valence-electron chi connectivity index (χ1n) is 10.6. The van der Waals surface area contributed by atoms with E-state index in [4.69, 9.17) is 25.3 Å². The number of nitrogens with two attached hydrogens (primary N) is 2. The predicted molar refractivity (Wildman–Crippen MR) is 113 cm³/mol. The molecule has 9 N–H and O–H groups in total. The second kappa shape index (κ2) is 8.68. The molecule has 1 saturated heterocycles. The molecule has 2 aromatic rings. The zero-order chi connectivity index (χ0) is 25.3. The lowest BCUT2D eigenvalue weighted by Crippen LogP contribution is -2.46. The van der Waals surface area contributed by atoms with Crippen molar-refractivity contribution >= 4 is 38.6 Å². The quantitative estimate of drug-likeness (QED) is 0.142. The highest BCUT2D eigenvalue weighted by molar-refractivity contribution is 7.61. The van der Waals surface area contributed by atoms with Crippen molar-refractivity contribution in [3.8, 4) is 0 Å². The van der Waals surface area contributed by atoms with E-state index in [2.05, 4.69) is 14.3 Å². The molecule has 2 aromatic heterocycles. The normalized spacial score (nSPS) is 42.5. The van der Waals surface area contributed by atoms with Crippen LogP contribution in [-0.4, -0.2) is 77.3 Å². The molecule has 4 aliphatic rings. The number of fused-ring (bicyclic) bond motifs is 7. The number of hydrogen-bond acceptors (Lipinski definition) is 13. The van der Waals surface area contributed by atoms with Gasteiger partial charge in [0.15, 0.2) is 11.7 Å². The van der Waals surface area contributed by atoms with E-state index in [0.29, 0.717) is 0 Å². The Hall–Kier alpha value is -1.75. The SMILES string of the molecule is Nc1nc2c(N)[n+]3cnc2n1[C@@H]1O[C@H](COP(=O)(O)OP(=O)(O)OC[C@@H]2C[C@@H](O)[C@H]3C2)[C@@H](O)[C@H]1O. The summed E-state index contributed by atoms with van der Waals surface area (Å²) in [5.41, 5.74) is 12.6. The summed E-state index contributed by atoms with van der Waals surface area (Å²) < 4.78 is 46.6. The molecule has 2 unspecified atom stereocenters. The van der Waals surface area contributed by atoms with Crippen LogP contribution in [0.3, 0.4) is 0 Å². The van der Waals surface area contributed by atoms with Gasteiger partial charge >= 0.3 is 15.6 Å². The van der Waals surface area contributed by atoms with Gasteiger partial charge in [0.25, 0.3) is 5.82 Å². The molecule has 5 heterocycles. The van der Waals surface area contributed by atoms with Gasteiger partial charge in [-0.15, -0.1) is 0 Å². The number of phosphoric acid groups is 2. The number of imidazole rings is 1. The van der Waals surface area contributed by atoms with Crippen molar-refractivity contribution in [2.75, 3.05) is 24.7 Å². The van der Waals surface area contributed by atoms with Crippen LogP contribution in [0.1, 0.15) is 25.1 Å². The lowest BCUT2D eigenvalue weighted by atomic mass is 10.1. The van der Waals surface area contributed by atoms with Crippen LogP contribution in [0.5, 0.6) is 0 Å². The zero-order valence-electron chi connectivity index (χ0n) is 18.0. The average Bonchev–Trinajstić information content (AvgIpc) is 3.39. The van der Waals surface area contributed by atoms with Crippen LogP contribution in [0.2, 0.25) is 0 Å². The molecule has 1 saturated carbocycles. The number of aromatic nitrogens is 4. The Morgan fingerprint density at radius 2 is 1.74 bits per heavy atom. The van der Waals surface area contributed by atoms with Gasteiger partial charge in [-0.25, -0.2) is 18.7 Å². The van der Waals surface area contributed by atoms with Gasteiger partial charge in [-0.2, -0.15) is 4.31 Å². The number of ether oxygens (including phenoxy) is 1. The first kappa shape index (κ1) is 24.9. The van der Waals surface area contributed by atoms with Crippen LogP contribution < -0.4 is 16.0 Å². The van der Waals surface area contributed by atoms with Crippen LogP contribution in [0, 0.1) is 5.92 Å². The molecule has 2 fully saturated rings. The molecular weight excluding hydrogens is 514 g/mol. The Morgan fingerprint density at radius 1 is 1.06 bits per heavy atom. The standard InChI is InChI=1S/C16H24N6O11P2/c17-13-10-14-19-5-21(13)7-1-6(2-8(7)23)3-30-34(26,27)33-35(28,29)31-4-9-11(24)12(25)15(32-9)22(14)16(18)20-10/h5-9,11-12,15,17,23-25H,1-4H2,(H4,18,20,26,27,28,29)/p+1/t6-,7+,8+,9+,11+,12+,15+/m0/s1. The van der Waals surface area contributed by atoms with Crippen LogP contribution in [0.4, 0.5) is 11.8 Å². The Morgan fingerprint density at radius 3 is 2.46 bits per heavy atom. The molecule has 0 amide bonds. The van der Waals surface area contributed by atoms with Crippen molar-refractivity contribution in [1.29, 1.82) is 0 Å². The molecule has 0 spiro atoms. The van der Waals surface area contributed by atoms with Gasteiger partial charge in [0, 0.05) is 0 Å². The van der Waals surface area contributed by atoms with Crippen molar-refractivity contribution in [3.63, 3.8) is 0 Å². The Kier molecular flexibility index (Phi) is 6.18. The maximum absolute atomic E-state index is 12.2. The summed E-state index contributed by atoms with van der Waals surface area (Å²) in [5.74, 6) is -0.475. The zero-order valence-corrected chi connectivity index (χ0v) is 19.8. The minimum Gasteiger partial charge on any atom is -0.389 e. The fourth-order valence-corrected chi connectivity index (χ4v) is 6.86. The lowest BCUT2D eigenvalue weighted by Gasteiger charge is -2.20. The maximum Gasteiger partial charge on any atom is 0.481 e. The van der Waals surface area contributed by atoms with E-state index in [1.165, 1.54) is 15.5 Å². The molecule has 0 aromatic carbocycles. The van der Waals surface area contributed by atoms with Crippen molar-refractivity contribution in [1.82, 2.24) is 14.5 Å². The van der Waals surface area contributed by atoms with Crippen LogP contribution in [-0.2, 0) is 27.2 Å². The van der Waals surface area contributed by atoms with Gasteiger partial charge in [0.1, 0.15) is 24.4 Å². The second-order valence-corrected chi connectivity index (χ2v) is 11.7. The summed E-state index contributed by atoms with van der Waals surface area (Å²) in [6.45, 7) is -1.18. The first-order valence-corrected chi connectivity index (χ1v) is 13.5. The van der Waals surface area contributed by atoms with Crippen molar-refractivity contribution in [3.05, 3.63) is 6.33 Å². The highest BCUT2D eigenvalue weighted by Gasteiger charge is 2.48. The number of phosphoric ester groups is 2. The molecule has 1 aliphatic carbocycles. The second-order valence-electron chi connectivity index (χ2n) is 8.68. The minimum absolute atomic E-state index is 0.109. The third-order valence-corrected chi connectivity index (χ3v) is 8.96. The van der Waals surface area contributed by atoms with Crippen LogP contribution in [0.15, 0.2) is 6.33 Å². The summed E-state index contributed by atoms with van der Waals surface area (Å²) in [5, 5.41) is 31.6. The topological polar surface area (TPSA) is 259 Å². The number of rotatable bonds is 0. The maximum atomic E-state index is 12.2. The highest BCUT2D eigenvalue weighted by Crippen LogP contribution is 2.61. The fourth-order valence-electron chi connectivity index (χ4n) is 4.71. The van der Waals surface area contributed by atoms with Gasteiger partial charge in [0.05, 0.1) is 19.3 Å². The lowest BCUT2D eigenvalue weighted by molar-refractivity contribution is -0.716. The summed E-state index contributed by atoms with van der Waals surface area (Å²) in [6.07, 6.45) is -5.07. The van der Waals surface area contributed by atoms with Crippen molar-refractivity contribution in [2.24, 2.45) is 5.92 Å². The van der Waals surface area contributed by atoms with Gasteiger partial charge in [0.2, 0.25) is 17.9 Å². The highest BCUT2D eigenvalue weighted by atomic mass is 31.3. The average molecular weight is 539 g/mol. The molecular formula is C16H25N6O11P2+. The molecule has 3 aliphatic heterocycles. The molecule has 17 nitrogen and oxygen atoms in total. The van der Waals surface area contributed by atoms with Crippen LogP contribution in [0.25, 0.3) is 11.2 Å². The van der Waals surface area contributed by atoms with E-state index < -0.39 is 64.9 Å². The Labute approximate surface area is 197 Å². The summed E-state index contributed by atoms with van der Waals surface area (Å²) in [6, 6.07) is -0.600. The van der Waals surface area contributed by atoms with E-state index in [1.54, 1.807) is 0 Å². The minimum atomic E-state index is -5.16. The molecule has 6 rings (SSSR count). The Bertz CT molecular complexity index is 1240. The van der Waals surface area contributed by atoms with E-state index >= 15 is 0 Å². The van der Waals surface area contributed by atoms with E-state index in [0.717, 1.165) is 0 Å². The van der Waals surface area contributed by atoms with Gasteiger partial charge in [-0.1, -0.05) is 4.98 Å². The van der Waals surface area contributed by atoms with E-state index in [-0.39, 0.29) is 42.4 Å². The Balaban J connectivity index is 1.58. The largest absolute Gasteiger partial charge is 0.481 e. The monoisotopic (exact) mass is 539 g/mol. The molecule has 9 atom stereocenters. The van der Waals surface area contributed by atoms with Gasteiger partial charge in [-0.3, -0.25) is 13.6 Å². The molecule has 0 radical (unpaired) electrons. The number of nitrogen functional groups attached to an aromatic ring is 2. The number of aliphatic hydroxyl groups excluding tert-OH is 3. The number of nitrogens with zero attached hydrogens (tertiary/aromatic N) is 4.